The van der Waals surface area contributed by atoms with Gasteiger partial charge in [0.15, 0.2) is 5.69 Å². The lowest BCUT2D eigenvalue weighted by Gasteiger charge is -2.07. The number of nitrogens with one attached hydrogen (secondary N) is 2. The molecule has 1 aromatic heterocycles. The van der Waals surface area contributed by atoms with E-state index < -0.39 is 0 Å². The summed E-state index contributed by atoms with van der Waals surface area (Å²) in [6, 6.07) is 8.76. The van der Waals surface area contributed by atoms with E-state index in [2.05, 4.69) is 27.8 Å². The Balaban J connectivity index is 1.98. The zero-order valence-corrected chi connectivity index (χ0v) is 13.4. The number of aromatic nitrogens is 2. The maximum atomic E-state index is 12.1. The topological polar surface area (TPSA) is 66.9 Å². The highest BCUT2D eigenvalue weighted by atomic mass is 35.5. The maximum absolute atomic E-state index is 12.1. The van der Waals surface area contributed by atoms with Crippen LogP contribution >= 0.6 is 11.6 Å². The van der Waals surface area contributed by atoms with Crippen LogP contribution in [0.1, 0.15) is 35.8 Å². The van der Waals surface area contributed by atoms with Crippen molar-refractivity contribution in [2.75, 3.05) is 17.2 Å². The minimum absolute atomic E-state index is 0.262. The van der Waals surface area contributed by atoms with Crippen LogP contribution in [0, 0.1) is 6.92 Å². The molecule has 0 radical (unpaired) electrons. The van der Waals surface area contributed by atoms with E-state index in [4.69, 9.17) is 11.6 Å². The highest BCUT2D eigenvalue weighted by Crippen LogP contribution is 2.20. The minimum atomic E-state index is -0.312. The molecule has 1 amide bonds. The van der Waals surface area contributed by atoms with Crippen LogP contribution in [-0.2, 0) is 0 Å². The molecule has 1 aromatic carbocycles. The van der Waals surface area contributed by atoms with Crippen molar-refractivity contribution >= 4 is 29.0 Å². The molecule has 2 aromatic rings. The van der Waals surface area contributed by atoms with Gasteiger partial charge in [-0.2, -0.15) is 0 Å². The van der Waals surface area contributed by atoms with Gasteiger partial charge in [-0.05, 0) is 43.2 Å². The van der Waals surface area contributed by atoms with Gasteiger partial charge in [0.1, 0.15) is 5.82 Å². The van der Waals surface area contributed by atoms with E-state index in [1.807, 2.05) is 13.0 Å². The summed E-state index contributed by atoms with van der Waals surface area (Å²) in [5.41, 5.74) is 1.85. The Kier molecular flexibility index (Phi) is 5.72. The molecule has 22 heavy (non-hydrogen) atoms. The van der Waals surface area contributed by atoms with E-state index in [-0.39, 0.29) is 11.6 Å². The molecule has 0 spiro atoms. The SMILES string of the molecule is CCCCNc1ccc(C(=O)Nc2ccc(C)c(Cl)c2)nn1. The van der Waals surface area contributed by atoms with Crippen LogP contribution in [0.25, 0.3) is 0 Å². The smallest absolute Gasteiger partial charge is 0.276 e. The summed E-state index contributed by atoms with van der Waals surface area (Å²) in [6.07, 6.45) is 2.18. The van der Waals surface area contributed by atoms with E-state index in [1.54, 1.807) is 24.3 Å². The Morgan fingerprint density at radius 1 is 1.23 bits per heavy atom. The largest absolute Gasteiger partial charge is 0.369 e. The number of anilines is 2. The van der Waals surface area contributed by atoms with E-state index >= 15 is 0 Å². The number of aryl methyl sites for hydroxylation is 1. The Morgan fingerprint density at radius 3 is 2.68 bits per heavy atom. The zero-order valence-electron chi connectivity index (χ0n) is 12.7. The average molecular weight is 319 g/mol. The first-order chi connectivity index (χ1) is 10.6. The van der Waals surface area contributed by atoms with Gasteiger partial charge in [0, 0.05) is 17.3 Å². The second-order valence-corrected chi connectivity index (χ2v) is 5.41. The monoisotopic (exact) mass is 318 g/mol. The summed E-state index contributed by atoms with van der Waals surface area (Å²) < 4.78 is 0. The van der Waals surface area contributed by atoms with E-state index in [9.17, 15) is 4.79 Å². The second-order valence-electron chi connectivity index (χ2n) is 5.00. The van der Waals surface area contributed by atoms with Crippen LogP contribution in [-0.4, -0.2) is 22.6 Å². The van der Waals surface area contributed by atoms with E-state index in [0.29, 0.717) is 16.5 Å². The summed E-state index contributed by atoms with van der Waals surface area (Å²) >= 11 is 6.04. The molecule has 0 aliphatic heterocycles. The van der Waals surface area contributed by atoms with Crippen molar-refractivity contribution in [3.05, 3.63) is 46.6 Å². The molecule has 0 unspecified atom stereocenters. The van der Waals surface area contributed by atoms with Gasteiger partial charge in [0.05, 0.1) is 0 Å². The number of amides is 1. The van der Waals surface area contributed by atoms with Crippen LogP contribution in [0.15, 0.2) is 30.3 Å². The molecule has 116 valence electrons. The van der Waals surface area contributed by atoms with E-state index in [0.717, 1.165) is 24.9 Å². The molecule has 0 saturated heterocycles. The standard InChI is InChI=1S/C16H19ClN4O/c1-3-4-9-18-15-8-7-14(20-21-15)16(22)19-12-6-5-11(2)13(17)10-12/h5-8,10H,3-4,9H2,1-2H3,(H,18,21)(H,19,22). The summed E-state index contributed by atoms with van der Waals surface area (Å²) in [5.74, 6) is 0.357. The predicted molar refractivity (Wildman–Crippen MR) is 89.6 cm³/mol. The molecular weight excluding hydrogens is 300 g/mol. The summed E-state index contributed by atoms with van der Waals surface area (Å²) in [7, 11) is 0. The number of hydrogen-bond acceptors (Lipinski definition) is 4. The third-order valence-corrected chi connectivity index (χ3v) is 3.57. The second kappa shape index (κ2) is 7.75. The zero-order chi connectivity index (χ0) is 15.9. The first-order valence-electron chi connectivity index (χ1n) is 7.25. The fourth-order valence-electron chi connectivity index (χ4n) is 1.81. The lowest BCUT2D eigenvalue weighted by Crippen LogP contribution is -2.15. The number of unbranched alkanes of at least 4 members (excludes halogenated alkanes) is 1. The fourth-order valence-corrected chi connectivity index (χ4v) is 1.99. The van der Waals surface area contributed by atoms with Gasteiger partial charge in [0.2, 0.25) is 0 Å². The van der Waals surface area contributed by atoms with Crippen molar-refractivity contribution in [1.82, 2.24) is 10.2 Å². The maximum Gasteiger partial charge on any atom is 0.276 e. The van der Waals surface area contributed by atoms with Crippen LogP contribution in [0.2, 0.25) is 5.02 Å². The van der Waals surface area contributed by atoms with E-state index in [1.165, 1.54) is 0 Å². The van der Waals surface area contributed by atoms with Gasteiger partial charge < -0.3 is 10.6 Å². The molecule has 1 heterocycles. The van der Waals surface area contributed by atoms with Crippen LogP contribution < -0.4 is 10.6 Å². The molecule has 0 saturated carbocycles. The lowest BCUT2D eigenvalue weighted by molar-refractivity contribution is 0.102. The van der Waals surface area contributed by atoms with Gasteiger partial charge >= 0.3 is 0 Å². The summed E-state index contributed by atoms with van der Waals surface area (Å²) in [4.78, 5) is 12.1. The molecule has 0 atom stereocenters. The van der Waals surface area contributed by atoms with Crippen LogP contribution in [0.3, 0.4) is 0 Å². The number of halogens is 1. The quantitative estimate of drug-likeness (QED) is 0.793. The summed E-state index contributed by atoms with van der Waals surface area (Å²) in [5, 5.41) is 14.4. The third kappa shape index (κ3) is 4.43. The van der Waals surface area contributed by atoms with Crippen molar-refractivity contribution in [2.45, 2.75) is 26.7 Å². The molecule has 5 nitrogen and oxygen atoms in total. The Bertz CT molecular complexity index is 643. The lowest BCUT2D eigenvalue weighted by atomic mass is 10.2. The molecule has 6 heteroatoms. The van der Waals surface area contributed by atoms with Crippen molar-refractivity contribution in [2.24, 2.45) is 0 Å². The minimum Gasteiger partial charge on any atom is -0.369 e. The highest BCUT2D eigenvalue weighted by Gasteiger charge is 2.09. The first kappa shape index (κ1) is 16.2. The number of benzene rings is 1. The Labute approximate surface area is 135 Å². The number of carbonyl (C=O) groups is 1. The molecule has 0 fully saturated rings. The first-order valence-corrected chi connectivity index (χ1v) is 7.63. The van der Waals surface area contributed by atoms with Crippen LogP contribution in [0.5, 0.6) is 0 Å². The third-order valence-electron chi connectivity index (χ3n) is 3.16. The van der Waals surface area contributed by atoms with Gasteiger partial charge in [-0.15, -0.1) is 10.2 Å². The predicted octanol–water partition coefficient (Wildman–Crippen LogP) is 3.90. The fraction of sp³-hybridized carbons (Fsp3) is 0.312. The Hall–Kier alpha value is -2.14. The molecule has 2 N–H and O–H groups in total. The van der Waals surface area contributed by atoms with Crippen molar-refractivity contribution in [1.29, 1.82) is 0 Å². The van der Waals surface area contributed by atoms with Crippen molar-refractivity contribution in [3.63, 3.8) is 0 Å². The van der Waals surface area contributed by atoms with Crippen LogP contribution in [0.4, 0.5) is 11.5 Å². The molecule has 0 bridgehead atoms. The van der Waals surface area contributed by atoms with Crippen molar-refractivity contribution < 1.29 is 4.79 Å². The normalized spacial score (nSPS) is 10.3. The van der Waals surface area contributed by atoms with Gasteiger partial charge in [-0.25, -0.2) is 0 Å². The number of nitrogens with zero attached hydrogens (tertiary/aromatic N) is 2. The van der Waals surface area contributed by atoms with Gasteiger partial charge in [-0.3, -0.25) is 4.79 Å². The summed E-state index contributed by atoms with van der Waals surface area (Å²) in [6.45, 7) is 4.88. The number of hydrogen-bond donors (Lipinski definition) is 2. The number of carbonyl (C=O) groups excluding carboxylic acids is 1. The molecular formula is C16H19ClN4O. The average Bonchev–Trinajstić information content (AvgIpc) is 2.52. The Morgan fingerprint density at radius 2 is 2.05 bits per heavy atom. The number of rotatable bonds is 6. The van der Waals surface area contributed by atoms with Gasteiger partial charge in [0.25, 0.3) is 5.91 Å². The van der Waals surface area contributed by atoms with Crippen molar-refractivity contribution in [3.8, 4) is 0 Å². The molecule has 0 aliphatic carbocycles. The molecule has 0 aliphatic rings. The highest BCUT2D eigenvalue weighted by molar-refractivity contribution is 6.31. The molecule has 2 rings (SSSR count). The van der Waals surface area contributed by atoms with Gasteiger partial charge in [-0.1, -0.05) is 31.0 Å².